The maximum atomic E-state index is 13.1. The zero-order valence-electron chi connectivity index (χ0n) is 14.2. The second kappa shape index (κ2) is 7.51. The molecule has 1 saturated carbocycles. The number of rotatable bonds is 7. The molecule has 25 heavy (non-hydrogen) atoms. The summed E-state index contributed by atoms with van der Waals surface area (Å²) in [6, 6.07) is 9.80. The van der Waals surface area contributed by atoms with Gasteiger partial charge in [0.1, 0.15) is 18.1 Å². The van der Waals surface area contributed by atoms with E-state index in [4.69, 9.17) is 4.42 Å². The van der Waals surface area contributed by atoms with Crippen LogP contribution < -0.4 is 0 Å². The van der Waals surface area contributed by atoms with Crippen LogP contribution >= 0.6 is 0 Å². The summed E-state index contributed by atoms with van der Waals surface area (Å²) in [6.45, 7) is 2.18. The maximum Gasteiger partial charge on any atom is 0.242 e. The number of carbonyl (C=O) groups excluding carboxylic acids is 2. The minimum absolute atomic E-state index is 0.0574. The van der Waals surface area contributed by atoms with Crippen LogP contribution in [0.3, 0.4) is 0 Å². The summed E-state index contributed by atoms with van der Waals surface area (Å²) < 4.78 is 18.5. The van der Waals surface area contributed by atoms with Crippen LogP contribution in [0.25, 0.3) is 0 Å². The average molecular weight is 344 g/mol. The molecule has 0 N–H and O–H groups in total. The minimum atomic E-state index is -0.316. The van der Waals surface area contributed by atoms with Crippen molar-refractivity contribution in [2.75, 3.05) is 6.54 Å². The maximum absolute atomic E-state index is 13.1. The third kappa shape index (κ3) is 4.68. The van der Waals surface area contributed by atoms with Gasteiger partial charge in [-0.1, -0.05) is 12.1 Å². The summed E-state index contributed by atoms with van der Waals surface area (Å²) >= 11 is 0. The molecule has 0 unspecified atom stereocenters. The number of nitrogens with zero attached hydrogens (tertiary/aromatic N) is 2. The van der Waals surface area contributed by atoms with Crippen molar-refractivity contribution in [1.82, 2.24) is 9.80 Å². The van der Waals surface area contributed by atoms with E-state index < -0.39 is 0 Å². The largest absolute Gasteiger partial charge is 0.467 e. The molecule has 5 nitrogen and oxygen atoms in total. The fourth-order valence-electron chi connectivity index (χ4n) is 2.76. The molecule has 6 heteroatoms. The minimum Gasteiger partial charge on any atom is -0.467 e. The van der Waals surface area contributed by atoms with Gasteiger partial charge >= 0.3 is 0 Å². The van der Waals surface area contributed by atoms with Gasteiger partial charge in [0.05, 0.1) is 12.8 Å². The molecule has 1 aromatic heterocycles. The molecular weight excluding hydrogens is 323 g/mol. The average Bonchev–Trinajstić information content (AvgIpc) is 3.29. The first-order valence-corrected chi connectivity index (χ1v) is 8.35. The molecule has 0 atom stereocenters. The Morgan fingerprint density at radius 1 is 1.16 bits per heavy atom. The lowest BCUT2D eigenvalue weighted by molar-refractivity contribution is -0.140. The van der Waals surface area contributed by atoms with E-state index in [0.29, 0.717) is 18.8 Å². The summed E-state index contributed by atoms with van der Waals surface area (Å²) in [7, 11) is 0. The molecular formula is C19H21FN2O3. The van der Waals surface area contributed by atoms with Crippen molar-refractivity contribution in [3.63, 3.8) is 0 Å². The third-order valence-electron chi connectivity index (χ3n) is 4.26. The van der Waals surface area contributed by atoms with E-state index in [-0.39, 0.29) is 30.2 Å². The predicted molar refractivity (Wildman–Crippen MR) is 89.8 cm³/mol. The van der Waals surface area contributed by atoms with Crippen molar-refractivity contribution >= 4 is 11.8 Å². The van der Waals surface area contributed by atoms with Crippen LogP contribution in [0, 0.1) is 5.82 Å². The number of hydrogen-bond donors (Lipinski definition) is 0. The first kappa shape index (κ1) is 17.2. The number of benzene rings is 1. The smallest absolute Gasteiger partial charge is 0.242 e. The van der Waals surface area contributed by atoms with Crippen molar-refractivity contribution in [2.24, 2.45) is 0 Å². The van der Waals surface area contributed by atoms with Crippen LogP contribution in [0.1, 0.15) is 31.1 Å². The fraction of sp³-hybridized carbons (Fsp3) is 0.368. The van der Waals surface area contributed by atoms with E-state index in [9.17, 15) is 14.0 Å². The van der Waals surface area contributed by atoms with Crippen LogP contribution in [0.15, 0.2) is 47.1 Å². The van der Waals surface area contributed by atoms with Gasteiger partial charge in [0.15, 0.2) is 0 Å². The quantitative estimate of drug-likeness (QED) is 0.776. The summed E-state index contributed by atoms with van der Waals surface area (Å²) in [5.74, 6) is 0.110. The van der Waals surface area contributed by atoms with Gasteiger partial charge in [-0.15, -0.1) is 0 Å². The van der Waals surface area contributed by atoms with E-state index in [2.05, 4.69) is 0 Å². The summed E-state index contributed by atoms with van der Waals surface area (Å²) in [5.41, 5.74) is 0.821. The molecule has 0 spiro atoms. The third-order valence-corrected chi connectivity index (χ3v) is 4.26. The molecule has 0 saturated heterocycles. The highest BCUT2D eigenvalue weighted by Gasteiger charge is 2.33. The van der Waals surface area contributed by atoms with Gasteiger partial charge in [0.2, 0.25) is 11.8 Å². The van der Waals surface area contributed by atoms with Gasteiger partial charge in [0, 0.05) is 19.5 Å². The van der Waals surface area contributed by atoms with Gasteiger partial charge in [-0.25, -0.2) is 4.39 Å². The summed E-state index contributed by atoms with van der Waals surface area (Å²) in [5, 5.41) is 0. The molecule has 2 aromatic rings. The Labute approximate surface area is 146 Å². The topological polar surface area (TPSA) is 53.8 Å². The van der Waals surface area contributed by atoms with Crippen molar-refractivity contribution in [3.8, 4) is 0 Å². The molecule has 0 bridgehead atoms. The lowest BCUT2D eigenvalue weighted by atomic mass is 10.2. The molecule has 1 aliphatic carbocycles. The molecule has 0 radical (unpaired) electrons. The molecule has 2 amide bonds. The highest BCUT2D eigenvalue weighted by Crippen LogP contribution is 2.27. The Bertz CT molecular complexity index is 724. The van der Waals surface area contributed by atoms with E-state index in [1.54, 1.807) is 40.3 Å². The Morgan fingerprint density at radius 2 is 1.88 bits per heavy atom. The second-order valence-electron chi connectivity index (χ2n) is 6.33. The predicted octanol–water partition coefficient (Wildman–Crippen LogP) is 2.96. The zero-order valence-corrected chi connectivity index (χ0v) is 14.2. The van der Waals surface area contributed by atoms with E-state index >= 15 is 0 Å². The van der Waals surface area contributed by atoms with Gasteiger partial charge < -0.3 is 14.2 Å². The Kier molecular flexibility index (Phi) is 5.16. The van der Waals surface area contributed by atoms with Crippen LogP contribution in [0.5, 0.6) is 0 Å². The lowest BCUT2D eigenvalue weighted by Gasteiger charge is -2.26. The standard InChI is InChI=1S/C19H21FN2O3/c1-14(23)22(17-8-9-17)13-19(24)21(12-18-3-2-10-25-18)11-15-4-6-16(20)7-5-15/h2-7,10,17H,8-9,11-13H2,1H3. The molecule has 1 aliphatic rings. The van der Waals surface area contributed by atoms with E-state index in [1.807, 2.05) is 0 Å². The van der Waals surface area contributed by atoms with Crippen molar-refractivity contribution in [2.45, 2.75) is 38.9 Å². The van der Waals surface area contributed by atoms with Crippen LogP contribution in [0.2, 0.25) is 0 Å². The second-order valence-corrected chi connectivity index (χ2v) is 6.33. The molecule has 1 heterocycles. The zero-order chi connectivity index (χ0) is 17.8. The highest BCUT2D eigenvalue weighted by molar-refractivity contribution is 5.84. The number of halogens is 1. The number of hydrogen-bond acceptors (Lipinski definition) is 3. The Balaban J connectivity index is 1.73. The first-order chi connectivity index (χ1) is 12.0. The van der Waals surface area contributed by atoms with E-state index in [0.717, 1.165) is 18.4 Å². The molecule has 132 valence electrons. The Hall–Kier alpha value is -2.63. The summed E-state index contributed by atoms with van der Waals surface area (Å²) in [6.07, 6.45) is 3.45. The number of carbonyl (C=O) groups is 2. The SMILES string of the molecule is CC(=O)N(CC(=O)N(Cc1ccc(F)cc1)Cc1ccco1)C1CC1. The van der Waals surface area contributed by atoms with Gasteiger partial charge in [0.25, 0.3) is 0 Å². The van der Waals surface area contributed by atoms with Gasteiger partial charge in [-0.05, 0) is 42.7 Å². The fourth-order valence-corrected chi connectivity index (χ4v) is 2.76. The Morgan fingerprint density at radius 3 is 2.44 bits per heavy atom. The highest BCUT2D eigenvalue weighted by atomic mass is 19.1. The molecule has 1 fully saturated rings. The van der Waals surface area contributed by atoms with Crippen LogP contribution in [-0.4, -0.2) is 34.2 Å². The van der Waals surface area contributed by atoms with Crippen LogP contribution in [-0.2, 0) is 22.7 Å². The van der Waals surface area contributed by atoms with Crippen LogP contribution in [0.4, 0.5) is 4.39 Å². The van der Waals surface area contributed by atoms with E-state index in [1.165, 1.54) is 19.1 Å². The number of furan rings is 1. The van der Waals surface area contributed by atoms with Gasteiger partial charge in [-0.3, -0.25) is 9.59 Å². The molecule has 1 aromatic carbocycles. The molecule has 3 rings (SSSR count). The van der Waals surface area contributed by atoms with Gasteiger partial charge in [-0.2, -0.15) is 0 Å². The van der Waals surface area contributed by atoms with Crippen molar-refractivity contribution in [3.05, 3.63) is 59.8 Å². The monoisotopic (exact) mass is 344 g/mol. The first-order valence-electron chi connectivity index (χ1n) is 8.35. The summed E-state index contributed by atoms with van der Waals surface area (Å²) in [4.78, 5) is 27.9. The molecule has 0 aliphatic heterocycles. The number of amides is 2. The van der Waals surface area contributed by atoms with Crippen molar-refractivity contribution < 1.29 is 18.4 Å². The van der Waals surface area contributed by atoms with Crippen molar-refractivity contribution in [1.29, 1.82) is 0 Å². The lowest BCUT2D eigenvalue weighted by Crippen LogP contribution is -2.42. The normalized spacial score (nSPS) is 13.5.